The predicted molar refractivity (Wildman–Crippen MR) is 116 cm³/mol. The summed E-state index contributed by atoms with van der Waals surface area (Å²) >= 11 is 5.35. The first kappa shape index (κ1) is 20.0. The van der Waals surface area contributed by atoms with Gasteiger partial charge in [-0.25, -0.2) is 12.8 Å². The van der Waals surface area contributed by atoms with Crippen LogP contribution in [0, 0.1) is 17.5 Å². The number of anilines is 1. The van der Waals surface area contributed by atoms with Gasteiger partial charge in [-0.2, -0.15) is 5.10 Å². The molecule has 9 heteroatoms. The van der Waals surface area contributed by atoms with E-state index in [1.165, 1.54) is 19.1 Å². The van der Waals surface area contributed by atoms with Crippen molar-refractivity contribution < 1.29 is 12.8 Å². The molecule has 2 N–H and O–H groups in total. The summed E-state index contributed by atoms with van der Waals surface area (Å²) in [5.41, 5.74) is 2.26. The van der Waals surface area contributed by atoms with Gasteiger partial charge in [-0.15, -0.1) is 0 Å². The Morgan fingerprint density at radius 2 is 1.73 bits per heavy atom. The van der Waals surface area contributed by atoms with Crippen LogP contribution >= 0.6 is 12.2 Å². The Kier molecular flexibility index (Phi) is 5.23. The molecule has 0 aliphatic carbocycles. The highest BCUT2D eigenvalue weighted by Gasteiger charge is 2.16. The van der Waals surface area contributed by atoms with Gasteiger partial charge in [-0.05, 0) is 79.3 Å². The number of aromatic nitrogens is 3. The SMILES string of the molecule is Cc1cc(S(=O)(=O)Nc2ccc(-c3n[nH]c(=S)n3-c3ccccc3)cc2)ccc1F. The molecule has 0 aliphatic heterocycles. The number of hydrogen-bond acceptors (Lipinski definition) is 4. The summed E-state index contributed by atoms with van der Waals surface area (Å²) < 4.78 is 43.4. The molecular weight excluding hydrogens is 423 g/mol. The number of halogens is 1. The lowest BCUT2D eigenvalue weighted by atomic mass is 10.2. The minimum atomic E-state index is -3.84. The fraction of sp³-hybridized carbons (Fsp3) is 0.0476. The lowest BCUT2D eigenvalue weighted by Gasteiger charge is -2.10. The third-order valence-electron chi connectivity index (χ3n) is 4.52. The zero-order valence-corrected chi connectivity index (χ0v) is 17.5. The van der Waals surface area contributed by atoms with Crippen molar-refractivity contribution in [2.24, 2.45) is 0 Å². The monoisotopic (exact) mass is 440 g/mol. The van der Waals surface area contributed by atoms with Gasteiger partial charge in [-0.3, -0.25) is 14.4 Å². The average Bonchev–Trinajstić information content (AvgIpc) is 3.12. The van der Waals surface area contributed by atoms with Crippen LogP contribution in [0.15, 0.2) is 77.7 Å². The lowest BCUT2D eigenvalue weighted by Crippen LogP contribution is -2.13. The van der Waals surface area contributed by atoms with E-state index in [0.717, 1.165) is 17.3 Å². The molecule has 0 amide bonds. The fourth-order valence-corrected chi connectivity index (χ4v) is 4.37. The number of aryl methyl sites for hydroxylation is 1. The van der Waals surface area contributed by atoms with Gasteiger partial charge >= 0.3 is 0 Å². The molecule has 30 heavy (non-hydrogen) atoms. The van der Waals surface area contributed by atoms with Crippen molar-refractivity contribution >= 4 is 27.9 Å². The van der Waals surface area contributed by atoms with Crippen LogP contribution < -0.4 is 4.72 Å². The summed E-state index contributed by atoms with van der Waals surface area (Å²) in [4.78, 5) is -0.00422. The molecule has 1 heterocycles. The second kappa shape index (κ2) is 7.85. The van der Waals surface area contributed by atoms with Crippen LogP contribution in [0.2, 0.25) is 0 Å². The standard InChI is InChI=1S/C21H17FN4O2S2/c1-14-13-18(11-12-19(14)22)30(27,28)25-16-9-7-15(8-10-16)20-23-24-21(29)26(20)17-5-3-2-4-6-17/h2-13,25H,1H3,(H,24,29). The number of sulfonamides is 1. The van der Waals surface area contributed by atoms with Crippen LogP contribution in [-0.2, 0) is 10.0 Å². The van der Waals surface area contributed by atoms with E-state index in [2.05, 4.69) is 14.9 Å². The second-order valence-electron chi connectivity index (χ2n) is 6.62. The van der Waals surface area contributed by atoms with E-state index >= 15 is 0 Å². The lowest BCUT2D eigenvalue weighted by molar-refractivity contribution is 0.598. The molecule has 0 aliphatic rings. The molecule has 4 aromatic rings. The Balaban J connectivity index is 1.63. The van der Waals surface area contributed by atoms with Crippen LogP contribution in [0.4, 0.5) is 10.1 Å². The molecule has 4 rings (SSSR count). The molecule has 0 atom stereocenters. The van der Waals surface area contributed by atoms with Crippen molar-refractivity contribution in [1.82, 2.24) is 14.8 Å². The summed E-state index contributed by atoms with van der Waals surface area (Å²) in [5, 5.41) is 7.10. The largest absolute Gasteiger partial charge is 0.280 e. The summed E-state index contributed by atoms with van der Waals surface area (Å²) in [7, 11) is -3.84. The first-order chi connectivity index (χ1) is 14.3. The normalized spacial score (nSPS) is 11.4. The summed E-state index contributed by atoms with van der Waals surface area (Å²) in [5.74, 6) is 0.153. The average molecular weight is 441 g/mol. The molecule has 0 fully saturated rings. The van der Waals surface area contributed by atoms with E-state index in [4.69, 9.17) is 12.2 Å². The van der Waals surface area contributed by atoms with Gasteiger partial charge in [0.15, 0.2) is 10.6 Å². The summed E-state index contributed by atoms with van der Waals surface area (Å²) in [6.07, 6.45) is 0. The number of nitrogens with one attached hydrogen (secondary N) is 2. The Labute approximate surface area is 178 Å². The number of rotatable bonds is 5. The van der Waals surface area contributed by atoms with Gasteiger partial charge in [-0.1, -0.05) is 18.2 Å². The van der Waals surface area contributed by atoms with E-state index in [1.54, 1.807) is 28.8 Å². The number of aromatic amines is 1. The maximum absolute atomic E-state index is 13.4. The zero-order valence-electron chi connectivity index (χ0n) is 15.8. The Morgan fingerprint density at radius 1 is 1.03 bits per heavy atom. The smallest absolute Gasteiger partial charge is 0.261 e. The molecule has 0 radical (unpaired) electrons. The fourth-order valence-electron chi connectivity index (χ4n) is 2.99. The van der Waals surface area contributed by atoms with Crippen LogP contribution in [0.1, 0.15) is 5.56 Å². The first-order valence-corrected chi connectivity index (χ1v) is 10.9. The number of benzene rings is 3. The minimum Gasteiger partial charge on any atom is -0.280 e. The highest BCUT2D eigenvalue weighted by Crippen LogP contribution is 2.24. The van der Waals surface area contributed by atoms with Crippen LogP contribution in [-0.4, -0.2) is 23.2 Å². The maximum atomic E-state index is 13.4. The van der Waals surface area contributed by atoms with E-state index in [-0.39, 0.29) is 10.5 Å². The number of hydrogen-bond donors (Lipinski definition) is 2. The molecule has 0 unspecified atom stereocenters. The molecule has 6 nitrogen and oxygen atoms in total. The summed E-state index contributed by atoms with van der Waals surface area (Å²) in [6, 6.07) is 20.0. The van der Waals surface area contributed by atoms with Crippen molar-refractivity contribution in [3.8, 4) is 17.1 Å². The van der Waals surface area contributed by atoms with E-state index in [9.17, 15) is 12.8 Å². The predicted octanol–water partition coefficient (Wildman–Crippen LogP) is 4.85. The summed E-state index contributed by atoms with van der Waals surface area (Å²) in [6.45, 7) is 1.52. The Hall–Kier alpha value is -3.30. The molecule has 0 saturated heterocycles. The molecule has 0 saturated carbocycles. The van der Waals surface area contributed by atoms with Gasteiger partial charge in [0.2, 0.25) is 0 Å². The molecule has 3 aromatic carbocycles. The quantitative estimate of drug-likeness (QED) is 0.435. The highest BCUT2D eigenvalue weighted by molar-refractivity contribution is 7.92. The van der Waals surface area contributed by atoms with Gasteiger partial charge in [0.25, 0.3) is 10.0 Å². The van der Waals surface area contributed by atoms with Crippen molar-refractivity contribution in [1.29, 1.82) is 0 Å². The van der Waals surface area contributed by atoms with Crippen molar-refractivity contribution in [3.63, 3.8) is 0 Å². The Morgan fingerprint density at radius 3 is 2.40 bits per heavy atom. The number of nitrogens with zero attached hydrogens (tertiary/aromatic N) is 2. The van der Waals surface area contributed by atoms with Gasteiger partial charge < -0.3 is 0 Å². The van der Waals surface area contributed by atoms with Crippen molar-refractivity contribution in [2.45, 2.75) is 11.8 Å². The third-order valence-corrected chi connectivity index (χ3v) is 6.17. The van der Waals surface area contributed by atoms with Crippen LogP contribution in [0.25, 0.3) is 17.1 Å². The second-order valence-corrected chi connectivity index (χ2v) is 8.69. The zero-order chi connectivity index (χ0) is 21.3. The molecule has 0 spiro atoms. The number of H-pyrrole nitrogens is 1. The minimum absolute atomic E-state index is 0.00422. The van der Waals surface area contributed by atoms with Gasteiger partial charge in [0.05, 0.1) is 4.90 Å². The van der Waals surface area contributed by atoms with Crippen LogP contribution in [0.5, 0.6) is 0 Å². The molecule has 0 bridgehead atoms. The van der Waals surface area contributed by atoms with E-state index in [0.29, 0.717) is 16.3 Å². The molecule has 1 aromatic heterocycles. The van der Waals surface area contributed by atoms with Gasteiger partial charge in [0.1, 0.15) is 5.82 Å². The highest BCUT2D eigenvalue weighted by atomic mass is 32.2. The number of para-hydroxylation sites is 1. The van der Waals surface area contributed by atoms with E-state index < -0.39 is 15.8 Å². The van der Waals surface area contributed by atoms with Gasteiger partial charge in [0, 0.05) is 16.9 Å². The maximum Gasteiger partial charge on any atom is 0.261 e. The first-order valence-electron chi connectivity index (χ1n) is 8.97. The van der Waals surface area contributed by atoms with Crippen molar-refractivity contribution in [3.05, 3.63) is 88.9 Å². The van der Waals surface area contributed by atoms with E-state index in [1.807, 2.05) is 30.3 Å². The van der Waals surface area contributed by atoms with Crippen LogP contribution in [0.3, 0.4) is 0 Å². The van der Waals surface area contributed by atoms with Crippen molar-refractivity contribution in [2.75, 3.05) is 4.72 Å². The molecule has 152 valence electrons. The third kappa shape index (κ3) is 3.89. The Bertz CT molecular complexity index is 1360. The molecular formula is C21H17FN4O2S2. The topological polar surface area (TPSA) is 79.8 Å².